The van der Waals surface area contributed by atoms with E-state index in [-0.39, 0.29) is 6.04 Å². The van der Waals surface area contributed by atoms with Crippen molar-refractivity contribution in [1.82, 2.24) is 14.9 Å². The largest absolute Gasteiger partial charge is 0.309 e. The molecule has 0 saturated heterocycles. The summed E-state index contributed by atoms with van der Waals surface area (Å²) in [4.78, 5) is 0. The third-order valence-electron chi connectivity index (χ3n) is 2.71. The van der Waals surface area contributed by atoms with E-state index in [9.17, 15) is 0 Å². The Kier molecular flexibility index (Phi) is 4.23. The lowest BCUT2D eigenvalue weighted by Gasteiger charge is -2.15. The number of hydrogen-bond acceptors (Lipinski definition) is 4. The molecular formula is C13H17N3S. The fourth-order valence-electron chi connectivity index (χ4n) is 1.93. The average Bonchev–Trinajstić information content (AvgIpc) is 2.82. The van der Waals surface area contributed by atoms with Crippen molar-refractivity contribution in [2.24, 2.45) is 0 Å². The zero-order valence-corrected chi connectivity index (χ0v) is 11.0. The predicted octanol–water partition coefficient (Wildman–Crippen LogP) is 2.74. The highest BCUT2D eigenvalue weighted by atomic mass is 32.1. The van der Waals surface area contributed by atoms with Crippen molar-refractivity contribution in [1.29, 1.82) is 0 Å². The quantitative estimate of drug-likeness (QED) is 0.883. The van der Waals surface area contributed by atoms with Gasteiger partial charge < -0.3 is 5.32 Å². The summed E-state index contributed by atoms with van der Waals surface area (Å²) in [5, 5.41) is 9.63. The minimum Gasteiger partial charge on any atom is -0.309 e. The summed E-state index contributed by atoms with van der Waals surface area (Å²) >= 11 is 1.41. The first kappa shape index (κ1) is 12.2. The SMILES string of the molecule is CCNC(Cc1cccc(C)c1)c1csnn1. The van der Waals surface area contributed by atoms with Gasteiger partial charge in [-0.15, -0.1) is 5.10 Å². The predicted molar refractivity (Wildman–Crippen MR) is 71.2 cm³/mol. The van der Waals surface area contributed by atoms with Crippen molar-refractivity contribution in [3.8, 4) is 0 Å². The molecule has 1 N–H and O–H groups in total. The third-order valence-corrected chi connectivity index (χ3v) is 3.23. The van der Waals surface area contributed by atoms with E-state index in [1.165, 1.54) is 22.7 Å². The van der Waals surface area contributed by atoms with Crippen molar-refractivity contribution < 1.29 is 0 Å². The van der Waals surface area contributed by atoms with Crippen LogP contribution in [0.5, 0.6) is 0 Å². The van der Waals surface area contributed by atoms with Crippen LogP contribution in [0.3, 0.4) is 0 Å². The van der Waals surface area contributed by atoms with Gasteiger partial charge in [0.05, 0.1) is 11.7 Å². The van der Waals surface area contributed by atoms with Crippen LogP contribution in [0.15, 0.2) is 29.6 Å². The van der Waals surface area contributed by atoms with Gasteiger partial charge in [0.1, 0.15) is 0 Å². The molecule has 17 heavy (non-hydrogen) atoms. The molecule has 0 saturated carbocycles. The van der Waals surface area contributed by atoms with Gasteiger partial charge >= 0.3 is 0 Å². The number of aromatic nitrogens is 2. The van der Waals surface area contributed by atoms with Gasteiger partial charge in [0.15, 0.2) is 0 Å². The molecule has 0 radical (unpaired) electrons. The van der Waals surface area contributed by atoms with Crippen LogP contribution in [-0.4, -0.2) is 16.1 Å². The Morgan fingerprint density at radius 1 is 1.41 bits per heavy atom. The van der Waals surface area contributed by atoms with E-state index in [1.807, 2.05) is 5.38 Å². The van der Waals surface area contributed by atoms with E-state index in [0.717, 1.165) is 18.7 Å². The van der Waals surface area contributed by atoms with Crippen LogP contribution < -0.4 is 5.32 Å². The lowest BCUT2D eigenvalue weighted by Crippen LogP contribution is -2.23. The number of rotatable bonds is 5. The molecule has 1 aromatic heterocycles. The lowest BCUT2D eigenvalue weighted by atomic mass is 10.0. The van der Waals surface area contributed by atoms with E-state index in [1.54, 1.807) is 0 Å². The van der Waals surface area contributed by atoms with Crippen molar-refractivity contribution in [3.05, 3.63) is 46.5 Å². The molecule has 0 aliphatic heterocycles. The Labute approximate surface area is 106 Å². The molecule has 0 bridgehead atoms. The molecule has 0 aliphatic rings. The number of hydrogen-bond donors (Lipinski definition) is 1. The molecule has 0 fully saturated rings. The van der Waals surface area contributed by atoms with E-state index in [2.05, 4.69) is 53.0 Å². The Balaban J connectivity index is 2.13. The maximum absolute atomic E-state index is 4.16. The number of benzene rings is 1. The highest BCUT2D eigenvalue weighted by Gasteiger charge is 2.13. The van der Waals surface area contributed by atoms with Crippen LogP contribution in [-0.2, 0) is 6.42 Å². The van der Waals surface area contributed by atoms with Gasteiger partial charge in [-0.1, -0.05) is 41.2 Å². The Bertz CT molecular complexity index is 453. The Morgan fingerprint density at radius 3 is 2.94 bits per heavy atom. The molecule has 0 spiro atoms. The van der Waals surface area contributed by atoms with Gasteiger partial charge in [-0.3, -0.25) is 0 Å². The summed E-state index contributed by atoms with van der Waals surface area (Å²) in [6.07, 6.45) is 0.959. The Hall–Kier alpha value is -1.26. The van der Waals surface area contributed by atoms with Crippen molar-refractivity contribution in [3.63, 3.8) is 0 Å². The van der Waals surface area contributed by atoms with Crippen LogP contribution in [0, 0.1) is 6.92 Å². The van der Waals surface area contributed by atoms with Crippen LogP contribution in [0.2, 0.25) is 0 Å². The smallest absolute Gasteiger partial charge is 0.0928 e. The van der Waals surface area contributed by atoms with Gasteiger partial charge in [0, 0.05) is 5.38 Å². The highest BCUT2D eigenvalue weighted by molar-refractivity contribution is 7.03. The molecule has 3 nitrogen and oxygen atoms in total. The second kappa shape index (κ2) is 5.89. The Morgan fingerprint density at radius 2 is 2.29 bits per heavy atom. The summed E-state index contributed by atoms with van der Waals surface area (Å²) in [5.74, 6) is 0. The highest BCUT2D eigenvalue weighted by Crippen LogP contribution is 2.18. The maximum atomic E-state index is 4.16. The molecule has 2 aromatic rings. The molecule has 90 valence electrons. The number of nitrogens with one attached hydrogen (secondary N) is 1. The van der Waals surface area contributed by atoms with Crippen LogP contribution in [0.1, 0.15) is 29.8 Å². The average molecular weight is 247 g/mol. The topological polar surface area (TPSA) is 37.8 Å². The van der Waals surface area contributed by atoms with E-state index >= 15 is 0 Å². The zero-order chi connectivity index (χ0) is 12.1. The molecule has 1 unspecified atom stereocenters. The second-order valence-electron chi connectivity index (χ2n) is 4.13. The summed E-state index contributed by atoms with van der Waals surface area (Å²) in [6, 6.07) is 8.88. The minimum absolute atomic E-state index is 0.264. The fraction of sp³-hybridized carbons (Fsp3) is 0.385. The number of aryl methyl sites for hydroxylation is 1. The summed E-state index contributed by atoms with van der Waals surface area (Å²) < 4.78 is 3.94. The first-order chi connectivity index (χ1) is 8.29. The zero-order valence-electron chi connectivity index (χ0n) is 10.2. The second-order valence-corrected chi connectivity index (χ2v) is 4.74. The van der Waals surface area contributed by atoms with Crippen molar-refractivity contribution in [2.45, 2.75) is 26.3 Å². The molecule has 1 heterocycles. The fourth-order valence-corrected chi connectivity index (χ4v) is 2.43. The molecule has 2 rings (SSSR count). The lowest BCUT2D eigenvalue weighted by molar-refractivity contribution is 0.535. The molecule has 1 aromatic carbocycles. The van der Waals surface area contributed by atoms with Gasteiger partial charge in [-0.05, 0) is 37.0 Å². The van der Waals surface area contributed by atoms with Crippen molar-refractivity contribution >= 4 is 11.5 Å². The minimum atomic E-state index is 0.264. The van der Waals surface area contributed by atoms with E-state index < -0.39 is 0 Å². The molecule has 0 amide bonds. The first-order valence-corrected chi connectivity index (χ1v) is 6.69. The molecule has 1 atom stereocenters. The standard InChI is InChI=1S/C13H17N3S/c1-3-14-12(13-9-17-16-15-13)8-11-6-4-5-10(2)7-11/h4-7,9,12,14H,3,8H2,1-2H3. The molecule has 0 aliphatic carbocycles. The molecular weight excluding hydrogens is 230 g/mol. The van der Waals surface area contributed by atoms with Crippen molar-refractivity contribution in [2.75, 3.05) is 6.54 Å². The summed E-state index contributed by atoms with van der Waals surface area (Å²) in [5.41, 5.74) is 3.68. The third kappa shape index (κ3) is 3.35. The first-order valence-electron chi connectivity index (χ1n) is 5.85. The van der Waals surface area contributed by atoms with Gasteiger partial charge in [0.25, 0.3) is 0 Å². The van der Waals surface area contributed by atoms with Gasteiger partial charge in [-0.25, -0.2) is 0 Å². The summed E-state index contributed by atoms with van der Waals surface area (Å²) in [7, 11) is 0. The number of nitrogens with zero attached hydrogens (tertiary/aromatic N) is 2. The van der Waals surface area contributed by atoms with Crippen LogP contribution in [0.25, 0.3) is 0 Å². The van der Waals surface area contributed by atoms with E-state index in [4.69, 9.17) is 0 Å². The van der Waals surface area contributed by atoms with E-state index in [0.29, 0.717) is 0 Å². The van der Waals surface area contributed by atoms with Gasteiger partial charge in [0.2, 0.25) is 0 Å². The monoisotopic (exact) mass is 247 g/mol. The molecule has 4 heteroatoms. The maximum Gasteiger partial charge on any atom is 0.0928 e. The number of likely N-dealkylation sites (N-methyl/N-ethyl adjacent to an activating group) is 1. The van der Waals surface area contributed by atoms with Gasteiger partial charge in [-0.2, -0.15) is 0 Å². The van der Waals surface area contributed by atoms with Crippen LogP contribution in [0.4, 0.5) is 0 Å². The van der Waals surface area contributed by atoms with Crippen LogP contribution >= 0.6 is 11.5 Å². The summed E-state index contributed by atoms with van der Waals surface area (Å²) in [6.45, 7) is 5.17. The normalized spacial score (nSPS) is 12.6.